The van der Waals surface area contributed by atoms with Crippen molar-refractivity contribution in [3.05, 3.63) is 36.2 Å². The predicted octanol–water partition coefficient (Wildman–Crippen LogP) is 1.28. The Hall–Kier alpha value is -1.81. The number of hydrogen-bond acceptors (Lipinski definition) is 3. The molecule has 2 rings (SSSR count). The van der Waals surface area contributed by atoms with Gasteiger partial charge in [0.15, 0.2) is 0 Å². The highest BCUT2D eigenvalue weighted by molar-refractivity contribution is 5.65. The topological polar surface area (TPSA) is 74.9 Å². The number of phenolic OH excluding ortho intramolecular Hbond substituents is 1. The van der Waals surface area contributed by atoms with Gasteiger partial charge in [-0.1, -0.05) is 12.1 Å². The van der Waals surface area contributed by atoms with Gasteiger partial charge in [-0.2, -0.15) is 5.10 Å². The molecule has 0 atom stereocenters. The normalized spacial score (nSPS) is 10.5. The average molecular weight is 203 g/mol. The van der Waals surface area contributed by atoms with Crippen LogP contribution in [0.1, 0.15) is 5.69 Å². The van der Waals surface area contributed by atoms with Crippen molar-refractivity contribution in [1.29, 1.82) is 0 Å². The van der Waals surface area contributed by atoms with Crippen molar-refractivity contribution in [1.82, 2.24) is 10.2 Å². The minimum atomic E-state index is 0.266. The third-order valence-corrected chi connectivity index (χ3v) is 2.29. The number of aromatic hydroxyl groups is 1. The molecule has 0 saturated heterocycles. The van der Waals surface area contributed by atoms with Crippen LogP contribution in [0.15, 0.2) is 30.5 Å². The summed E-state index contributed by atoms with van der Waals surface area (Å²) in [6.45, 7) is 0.591. The number of hydrogen-bond donors (Lipinski definition) is 3. The quantitative estimate of drug-likeness (QED) is 0.703. The Kier molecular flexibility index (Phi) is 2.69. The molecule has 15 heavy (non-hydrogen) atoms. The molecule has 1 aromatic carbocycles. The molecule has 1 aromatic heterocycles. The van der Waals surface area contributed by atoms with Crippen LogP contribution >= 0.6 is 0 Å². The Balaban J connectivity index is 2.36. The number of nitrogens with one attached hydrogen (secondary N) is 1. The number of rotatable bonds is 3. The molecule has 0 aliphatic rings. The summed E-state index contributed by atoms with van der Waals surface area (Å²) >= 11 is 0. The molecule has 0 amide bonds. The number of nitrogens with zero attached hydrogens (tertiary/aromatic N) is 1. The lowest BCUT2D eigenvalue weighted by Crippen LogP contribution is -2.03. The highest BCUT2D eigenvalue weighted by Gasteiger charge is 2.06. The highest BCUT2D eigenvalue weighted by Crippen LogP contribution is 2.23. The molecule has 0 aliphatic carbocycles. The van der Waals surface area contributed by atoms with Crippen molar-refractivity contribution >= 4 is 0 Å². The Morgan fingerprint density at radius 3 is 2.67 bits per heavy atom. The van der Waals surface area contributed by atoms with E-state index in [1.807, 2.05) is 12.1 Å². The fourth-order valence-electron chi connectivity index (χ4n) is 1.54. The van der Waals surface area contributed by atoms with Crippen molar-refractivity contribution in [2.45, 2.75) is 6.42 Å². The van der Waals surface area contributed by atoms with Crippen LogP contribution in [0.5, 0.6) is 5.75 Å². The van der Waals surface area contributed by atoms with E-state index >= 15 is 0 Å². The van der Waals surface area contributed by atoms with E-state index in [1.165, 1.54) is 0 Å². The van der Waals surface area contributed by atoms with Gasteiger partial charge in [0, 0.05) is 17.7 Å². The lowest BCUT2D eigenvalue weighted by molar-refractivity contribution is 0.475. The molecule has 0 fully saturated rings. The van der Waals surface area contributed by atoms with E-state index in [-0.39, 0.29) is 5.75 Å². The summed E-state index contributed by atoms with van der Waals surface area (Å²) in [5, 5.41) is 16.1. The molecule has 4 N–H and O–H groups in total. The maximum atomic E-state index is 9.18. The Labute approximate surface area is 87.7 Å². The summed E-state index contributed by atoms with van der Waals surface area (Å²) < 4.78 is 0. The third kappa shape index (κ3) is 1.99. The van der Waals surface area contributed by atoms with Crippen LogP contribution in [0.4, 0.5) is 0 Å². The van der Waals surface area contributed by atoms with Gasteiger partial charge in [0.25, 0.3) is 0 Å². The summed E-state index contributed by atoms with van der Waals surface area (Å²) in [6, 6.07) is 7.05. The molecular formula is C11H13N3O. The molecule has 0 spiro atoms. The van der Waals surface area contributed by atoms with Crippen LogP contribution in [-0.4, -0.2) is 21.8 Å². The zero-order valence-electron chi connectivity index (χ0n) is 8.27. The van der Waals surface area contributed by atoms with Crippen molar-refractivity contribution in [2.24, 2.45) is 5.73 Å². The van der Waals surface area contributed by atoms with Gasteiger partial charge in [-0.25, -0.2) is 0 Å². The third-order valence-electron chi connectivity index (χ3n) is 2.29. The van der Waals surface area contributed by atoms with E-state index in [1.54, 1.807) is 18.3 Å². The standard InChI is InChI=1S/C11H13N3O/c12-6-5-11-10(7-13-14-11)8-1-3-9(15)4-2-8/h1-4,7,15H,5-6,12H2,(H,13,14). The first-order valence-corrected chi connectivity index (χ1v) is 4.83. The summed E-state index contributed by atoms with van der Waals surface area (Å²) in [5.74, 6) is 0.266. The summed E-state index contributed by atoms with van der Waals surface area (Å²) in [4.78, 5) is 0. The molecular weight excluding hydrogens is 190 g/mol. The molecule has 0 bridgehead atoms. The molecule has 2 aromatic rings. The largest absolute Gasteiger partial charge is 0.508 e. The predicted molar refractivity (Wildman–Crippen MR) is 58.4 cm³/mol. The number of aromatic nitrogens is 2. The van der Waals surface area contributed by atoms with E-state index < -0.39 is 0 Å². The van der Waals surface area contributed by atoms with Crippen molar-refractivity contribution in [3.8, 4) is 16.9 Å². The van der Waals surface area contributed by atoms with Gasteiger partial charge in [0.05, 0.1) is 6.20 Å². The first kappa shape index (κ1) is 9.73. The van der Waals surface area contributed by atoms with Gasteiger partial charge in [0.1, 0.15) is 5.75 Å². The lowest BCUT2D eigenvalue weighted by atomic mass is 10.1. The molecule has 1 heterocycles. The molecule has 0 unspecified atom stereocenters. The second kappa shape index (κ2) is 4.14. The highest BCUT2D eigenvalue weighted by atomic mass is 16.3. The van der Waals surface area contributed by atoms with Gasteiger partial charge >= 0.3 is 0 Å². The van der Waals surface area contributed by atoms with Crippen LogP contribution in [0, 0.1) is 0 Å². The molecule has 0 radical (unpaired) electrons. The zero-order chi connectivity index (χ0) is 10.7. The number of H-pyrrole nitrogens is 1. The second-order valence-corrected chi connectivity index (χ2v) is 3.35. The summed E-state index contributed by atoms with van der Waals surface area (Å²) in [6.07, 6.45) is 2.55. The first-order chi connectivity index (χ1) is 7.31. The van der Waals surface area contributed by atoms with Crippen molar-refractivity contribution in [2.75, 3.05) is 6.54 Å². The summed E-state index contributed by atoms with van der Waals surface area (Å²) in [5.41, 5.74) is 8.61. The molecule has 0 saturated carbocycles. The number of benzene rings is 1. The Bertz CT molecular complexity index is 433. The van der Waals surface area contributed by atoms with Gasteiger partial charge < -0.3 is 10.8 Å². The Morgan fingerprint density at radius 2 is 2.00 bits per heavy atom. The van der Waals surface area contributed by atoms with Crippen LogP contribution < -0.4 is 5.73 Å². The van der Waals surface area contributed by atoms with Gasteiger partial charge in [-0.05, 0) is 24.2 Å². The minimum absolute atomic E-state index is 0.266. The van der Waals surface area contributed by atoms with E-state index in [0.29, 0.717) is 6.54 Å². The number of phenols is 1. The van der Waals surface area contributed by atoms with Crippen LogP contribution in [0.2, 0.25) is 0 Å². The van der Waals surface area contributed by atoms with Gasteiger partial charge in [-0.15, -0.1) is 0 Å². The summed E-state index contributed by atoms with van der Waals surface area (Å²) in [7, 11) is 0. The smallest absolute Gasteiger partial charge is 0.115 e. The lowest BCUT2D eigenvalue weighted by Gasteiger charge is -2.01. The van der Waals surface area contributed by atoms with Gasteiger partial charge in [-0.3, -0.25) is 5.10 Å². The average Bonchev–Trinajstić information content (AvgIpc) is 2.68. The maximum Gasteiger partial charge on any atom is 0.115 e. The first-order valence-electron chi connectivity index (χ1n) is 4.83. The monoisotopic (exact) mass is 203 g/mol. The van der Waals surface area contributed by atoms with E-state index in [0.717, 1.165) is 23.2 Å². The zero-order valence-corrected chi connectivity index (χ0v) is 8.27. The van der Waals surface area contributed by atoms with Crippen molar-refractivity contribution < 1.29 is 5.11 Å². The van der Waals surface area contributed by atoms with Crippen LogP contribution in [-0.2, 0) is 6.42 Å². The number of nitrogens with two attached hydrogens (primary N) is 1. The van der Waals surface area contributed by atoms with E-state index in [4.69, 9.17) is 5.73 Å². The molecule has 4 nitrogen and oxygen atoms in total. The molecule has 0 aliphatic heterocycles. The molecule has 78 valence electrons. The van der Waals surface area contributed by atoms with E-state index in [9.17, 15) is 5.11 Å². The molecule has 4 heteroatoms. The van der Waals surface area contributed by atoms with Crippen LogP contribution in [0.25, 0.3) is 11.1 Å². The second-order valence-electron chi connectivity index (χ2n) is 3.35. The van der Waals surface area contributed by atoms with Crippen LogP contribution in [0.3, 0.4) is 0 Å². The minimum Gasteiger partial charge on any atom is -0.508 e. The number of aromatic amines is 1. The SMILES string of the molecule is NCCc1[nH]ncc1-c1ccc(O)cc1. The van der Waals surface area contributed by atoms with E-state index in [2.05, 4.69) is 10.2 Å². The van der Waals surface area contributed by atoms with Gasteiger partial charge in [0.2, 0.25) is 0 Å². The fraction of sp³-hybridized carbons (Fsp3) is 0.182. The van der Waals surface area contributed by atoms with Crippen molar-refractivity contribution in [3.63, 3.8) is 0 Å². The fourth-order valence-corrected chi connectivity index (χ4v) is 1.54. The Morgan fingerprint density at radius 1 is 1.27 bits per heavy atom. The maximum absolute atomic E-state index is 9.18.